The van der Waals surface area contributed by atoms with Crippen molar-refractivity contribution in [3.8, 4) is 5.75 Å². The van der Waals surface area contributed by atoms with E-state index in [9.17, 15) is 0 Å². The first-order valence-corrected chi connectivity index (χ1v) is 9.24. The third kappa shape index (κ3) is 4.18. The van der Waals surface area contributed by atoms with Gasteiger partial charge in [-0.1, -0.05) is 68.7 Å². The number of hydrogen-bond donors (Lipinski definition) is 1. The van der Waals surface area contributed by atoms with Gasteiger partial charge in [-0.15, -0.1) is 0 Å². The summed E-state index contributed by atoms with van der Waals surface area (Å²) in [6, 6.07) is 18.9. The number of hydrogen-bond acceptors (Lipinski definition) is 2. The topological polar surface area (TPSA) is 35.2 Å². The van der Waals surface area contributed by atoms with E-state index >= 15 is 0 Å². The second-order valence-corrected chi connectivity index (χ2v) is 7.11. The zero-order valence-corrected chi connectivity index (χ0v) is 14.7. The molecule has 0 amide bonds. The van der Waals surface area contributed by atoms with Gasteiger partial charge in [-0.2, -0.15) is 0 Å². The summed E-state index contributed by atoms with van der Waals surface area (Å²) in [7, 11) is 0. The third-order valence-electron chi connectivity index (χ3n) is 5.51. The number of rotatable bonds is 6. The average molecular weight is 323 g/mol. The molecule has 1 aliphatic carbocycles. The Balaban J connectivity index is 1.64. The fraction of sp³-hybridized carbons (Fsp3) is 0.455. The number of nitrogens with two attached hydrogens (primary N) is 1. The number of ether oxygens (including phenoxy) is 1. The van der Waals surface area contributed by atoms with Crippen LogP contribution in [0.3, 0.4) is 0 Å². The molecule has 0 aliphatic heterocycles. The van der Waals surface area contributed by atoms with Crippen molar-refractivity contribution in [2.45, 2.75) is 45.1 Å². The lowest BCUT2D eigenvalue weighted by atomic mass is 9.71. The molecule has 1 aliphatic rings. The zero-order chi connectivity index (χ0) is 16.8. The van der Waals surface area contributed by atoms with Crippen molar-refractivity contribution in [3.05, 3.63) is 65.7 Å². The second-order valence-electron chi connectivity index (χ2n) is 7.11. The van der Waals surface area contributed by atoms with E-state index < -0.39 is 0 Å². The lowest BCUT2D eigenvalue weighted by molar-refractivity contribution is 0.218. The minimum atomic E-state index is 0.475. The average Bonchev–Trinajstić information content (AvgIpc) is 2.64. The van der Waals surface area contributed by atoms with Gasteiger partial charge in [0, 0.05) is 0 Å². The van der Waals surface area contributed by atoms with Crippen molar-refractivity contribution in [2.75, 3.05) is 6.54 Å². The summed E-state index contributed by atoms with van der Waals surface area (Å²) in [5.74, 6) is 2.90. The van der Waals surface area contributed by atoms with Gasteiger partial charge >= 0.3 is 0 Å². The Kier molecular flexibility index (Phi) is 5.92. The van der Waals surface area contributed by atoms with Gasteiger partial charge in [0.25, 0.3) is 0 Å². The molecule has 3 unspecified atom stereocenters. The standard InChI is InChI=1S/C22H29NO/c1-17-7-5-6-10-21(17)22(15-23)19-11-13-20(14-12-19)24-16-18-8-3-2-4-9-18/h2-4,8-9,11-14,17,21-22H,5-7,10,15-16,23H2,1H3. The van der Waals surface area contributed by atoms with E-state index in [0.717, 1.165) is 24.1 Å². The molecule has 1 saturated carbocycles. The highest BCUT2D eigenvalue weighted by molar-refractivity contribution is 5.30. The maximum absolute atomic E-state index is 6.14. The maximum Gasteiger partial charge on any atom is 0.119 e. The van der Waals surface area contributed by atoms with Gasteiger partial charge in [-0.3, -0.25) is 0 Å². The van der Waals surface area contributed by atoms with Gasteiger partial charge in [0.15, 0.2) is 0 Å². The fourth-order valence-electron chi connectivity index (χ4n) is 4.05. The Morgan fingerprint density at radius 3 is 2.38 bits per heavy atom. The first-order chi connectivity index (χ1) is 11.8. The lowest BCUT2D eigenvalue weighted by Gasteiger charge is -2.35. The highest BCUT2D eigenvalue weighted by Gasteiger charge is 2.29. The summed E-state index contributed by atoms with van der Waals surface area (Å²) in [6.07, 6.45) is 5.39. The Morgan fingerprint density at radius 1 is 1.00 bits per heavy atom. The SMILES string of the molecule is CC1CCCCC1C(CN)c1ccc(OCc2ccccc2)cc1. The van der Waals surface area contributed by atoms with E-state index in [0.29, 0.717) is 12.5 Å². The normalized spacial score (nSPS) is 22.1. The highest BCUT2D eigenvalue weighted by Crippen LogP contribution is 2.39. The quantitative estimate of drug-likeness (QED) is 0.799. The predicted octanol–water partition coefficient (Wildman–Crippen LogP) is 5.13. The molecule has 2 aromatic rings. The molecule has 3 atom stereocenters. The monoisotopic (exact) mass is 323 g/mol. The van der Waals surface area contributed by atoms with Crippen LogP contribution in [-0.4, -0.2) is 6.54 Å². The van der Waals surface area contributed by atoms with Gasteiger partial charge < -0.3 is 10.5 Å². The van der Waals surface area contributed by atoms with Crippen molar-refractivity contribution in [3.63, 3.8) is 0 Å². The van der Waals surface area contributed by atoms with E-state index in [1.165, 1.54) is 36.8 Å². The summed E-state index contributed by atoms with van der Waals surface area (Å²) in [4.78, 5) is 0. The van der Waals surface area contributed by atoms with E-state index in [1.54, 1.807) is 0 Å². The van der Waals surface area contributed by atoms with Crippen molar-refractivity contribution in [2.24, 2.45) is 17.6 Å². The summed E-state index contributed by atoms with van der Waals surface area (Å²) in [6.45, 7) is 3.74. The van der Waals surface area contributed by atoms with Crippen LogP contribution in [0, 0.1) is 11.8 Å². The lowest BCUT2D eigenvalue weighted by Crippen LogP contribution is -2.28. The van der Waals surface area contributed by atoms with Crippen molar-refractivity contribution >= 4 is 0 Å². The van der Waals surface area contributed by atoms with Crippen LogP contribution in [0.15, 0.2) is 54.6 Å². The molecule has 0 radical (unpaired) electrons. The molecule has 0 spiro atoms. The van der Waals surface area contributed by atoms with E-state index in [4.69, 9.17) is 10.5 Å². The molecule has 2 N–H and O–H groups in total. The van der Waals surface area contributed by atoms with Crippen LogP contribution in [0.25, 0.3) is 0 Å². The Morgan fingerprint density at radius 2 is 1.71 bits per heavy atom. The van der Waals surface area contributed by atoms with Gasteiger partial charge in [-0.05, 0) is 54.0 Å². The Labute approximate surface area is 146 Å². The van der Waals surface area contributed by atoms with E-state index in [1.807, 2.05) is 18.2 Å². The zero-order valence-electron chi connectivity index (χ0n) is 14.7. The van der Waals surface area contributed by atoms with Crippen molar-refractivity contribution in [1.82, 2.24) is 0 Å². The molecule has 2 nitrogen and oxygen atoms in total. The molecular formula is C22H29NO. The molecule has 1 fully saturated rings. The molecule has 128 valence electrons. The highest BCUT2D eigenvalue weighted by atomic mass is 16.5. The van der Waals surface area contributed by atoms with Gasteiger partial charge in [-0.25, -0.2) is 0 Å². The smallest absolute Gasteiger partial charge is 0.119 e. The first kappa shape index (κ1) is 17.0. The summed E-state index contributed by atoms with van der Waals surface area (Å²) >= 11 is 0. The Bertz CT molecular complexity index is 608. The van der Waals surface area contributed by atoms with Crippen molar-refractivity contribution in [1.29, 1.82) is 0 Å². The van der Waals surface area contributed by atoms with Crippen LogP contribution >= 0.6 is 0 Å². The summed E-state index contributed by atoms with van der Waals surface area (Å²) in [5, 5.41) is 0. The van der Waals surface area contributed by atoms with Crippen LogP contribution in [0.4, 0.5) is 0 Å². The molecule has 2 heteroatoms. The largest absolute Gasteiger partial charge is 0.489 e. The molecule has 0 aromatic heterocycles. The van der Waals surface area contributed by atoms with Crippen LogP contribution in [0.5, 0.6) is 5.75 Å². The van der Waals surface area contributed by atoms with Gasteiger partial charge in [0.1, 0.15) is 12.4 Å². The van der Waals surface area contributed by atoms with Crippen LogP contribution in [0.1, 0.15) is 49.7 Å². The number of benzene rings is 2. The molecule has 2 aromatic carbocycles. The van der Waals surface area contributed by atoms with Gasteiger partial charge in [0.05, 0.1) is 0 Å². The molecule has 0 heterocycles. The van der Waals surface area contributed by atoms with Crippen molar-refractivity contribution < 1.29 is 4.74 Å². The van der Waals surface area contributed by atoms with Gasteiger partial charge in [0.2, 0.25) is 0 Å². The first-order valence-electron chi connectivity index (χ1n) is 9.24. The Hall–Kier alpha value is -1.80. The summed E-state index contributed by atoms with van der Waals surface area (Å²) < 4.78 is 5.90. The molecule has 3 rings (SSSR count). The minimum absolute atomic E-state index is 0.475. The second kappa shape index (κ2) is 8.34. The van der Waals surface area contributed by atoms with Crippen LogP contribution in [0.2, 0.25) is 0 Å². The van der Waals surface area contributed by atoms with Crippen LogP contribution in [-0.2, 0) is 6.61 Å². The molecular weight excluding hydrogens is 294 g/mol. The van der Waals surface area contributed by atoms with E-state index in [-0.39, 0.29) is 0 Å². The van der Waals surface area contributed by atoms with E-state index in [2.05, 4.69) is 43.3 Å². The maximum atomic E-state index is 6.14. The van der Waals surface area contributed by atoms with Crippen LogP contribution < -0.4 is 10.5 Å². The predicted molar refractivity (Wildman–Crippen MR) is 100 cm³/mol. The molecule has 24 heavy (non-hydrogen) atoms. The molecule has 0 bridgehead atoms. The summed E-state index contributed by atoms with van der Waals surface area (Å²) in [5.41, 5.74) is 8.70. The minimum Gasteiger partial charge on any atom is -0.489 e. The molecule has 0 saturated heterocycles. The fourth-order valence-corrected chi connectivity index (χ4v) is 4.05. The third-order valence-corrected chi connectivity index (χ3v) is 5.51.